The summed E-state index contributed by atoms with van der Waals surface area (Å²) in [6.07, 6.45) is 61.3. The first kappa shape index (κ1) is 51.3. The lowest BCUT2D eigenvalue weighted by molar-refractivity contribution is -0.167. The molecule has 6 heteroatoms. The third-order valence-corrected chi connectivity index (χ3v) is 7.79. The van der Waals surface area contributed by atoms with E-state index in [-0.39, 0.29) is 50.4 Å². The molecule has 0 saturated carbocycles. The highest BCUT2D eigenvalue weighted by molar-refractivity contribution is 5.71. The van der Waals surface area contributed by atoms with Crippen LogP contribution in [0.3, 0.4) is 0 Å². The summed E-state index contributed by atoms with van der Waals surface area (Å²) in [6.45, 7) is 6.04. The zero-order valence-corrected chi connectivity index (χ0v) is 34.8. The van der Waals surface area contributed by atoms with Crippen LogP contribution < -0.4 is 0 Å². The number of hydrogen-bond donors (Lipinski definition) is 0. The van der Waals surface area contributed by atoms with Crippen LogP contribution >= 0.6 is 0 Å². The molecular weight excluding hydrogens is 697 g/mol. The molecule has 0 rings (SSSR count). The Morgan fingerprint density at radius 3 is 1.29 bits per heavy atom. The third kappa shape index (κ3) is 40.5. The second-order valence-electron chi connectivity index (χ2n) is 13.0. The molecule has 308 valence electrons. The SMILES string of the molecule is CC\C=C/C=C\C=C/C=C\C=C/CCCC(=O)OCC(COC(=O)CCCC/C=C\C/C=C\C/C=C\CC)OC(=O)CCCCC\C=C/C=C\C=C/C=C\CC. The van der Waals surface area contributed by atoms with Gasteiger partial charge in [0.25, 0.3) is 0 Å². The highest BCUT2D eigenvalue weighted by atomic mass is 16.6. The molecular formula is C50H72O6. The molecule has 0 aliphatic rings. The molecule has 1 atom stereocenters. The summed E-state index contributed by atoms with van der Waals surface area (Å²) in [6, 6.07) is 0. The maximum atomic E-state index is 12.7. The molecule has 0 aromatic rings. The molecule has 0 heterocycles. The highest BCUT2D eigenvalue weighted by Crippen LogP contribution is 2.09. The van der Waals surface area contributed by atoms with Gasteiger partial charge in [0.2, 0.25) is 0 Å². The van der Waals surface area contributed by atoms with Crippen molar-refractivity contribution in [2.75, 3.05) is 13.2 Å². The van der Waals surface area contributed by atoms with Crippen molar-refractivity contribution in [1.82, 2.24) is 0 Å². The van der Waals surface area contributed by atoms with Gasteiger partial charge in [0, 0.05) is 19.3 Å². The second-order valence-corrected chi connectivity index (χ2v) is 13.0. The number of carbonyl (C=O) groups is 3. The Labute approximate surface area is 340 Å². The summed E-state index contributed by atoms with van der Waals surface area (Å²) in [5.41, 5.74) is 0. The number of ether oxygens (including phenoxy) is 3. The maximum absolute atomic E-state index is 12.7. The molecule has 6 nitrogen and oxygen atoms in total. The van der Waals surface area contributed by atoms with Gasteiger partial charge in [0.1, 0.15) is 13.2 Å². The molecule has 0 aliphatic heterocycles. The quantitative estimate of drug-likeness (QED) is 0.0213. The minimum absolute atomic E-state index is 0.144. The number of hydrogen-bond acceptors (Lipinski definition) is 6. The van der Waals surface area contributed by atoms with E-state index in [2.05, 4.69) is 75.5 Å². The Morgan fingerprint density at radius 1 is 0.375 bits per heavy atom. The summed E-state index contributed by atoms with van der Waals surface area (Å²) in [5, 5.41) is 0. The predicted octanol–water partition coefficient (Wildman–Crippen LogP) is 13.4. The number of carbonyl (C=O) groups excluding carboxylic acids is 3. The molecule has 1 unspecified atom stereocenters. The zero-order valence-electron chi connectivity index (χ0n) is 34.8. The van der Waals surface area contributed by atoms with Crippen LogP contribution in [-0.2, 0) is 28.6 Å². The Hall–Kier alpha value is -4.71. The van der Waals surface area contributed by atoms with Crippen LogP contribution in [0.25, 0.3) is 0 Å². The van der Waals surface area contributed by atoms with Crippen molar-refractivity contribution >= 4 is 17.9 Å². The van der Waals surface area contributed by atoms with E-state index in [1.165, 1.54) is 0 Å². The zero-order chi connectivity index (χ0) is 40.8. The largest absolute Gasteiger partial charge is 0.462 e. The summed E-state index contributed by atoms with van der Waals surface area (Å²) < 4.78 is 16.5. The average molecular weight is 769 g/mol. The van der Waals surface area contributed by atoms with E-state index in [0.717, 1.165) is 70.6 Å². The van der Waals surface area contributed by atoms with Gasteiger partial charge in [-0.3, -0.25) is 14.4 Å². The van der Waals surface area contributed by atoms with Gasteiger partial charge in [-0.15, -0.1) is 0 Å². The monoisotopic (exact) mass is 769 g/mol. The number of unbranched alkanes of at least 4 members (excludes halogenated alkanes) is 6. The van der Waals surface area contributed by atoms with Crippen LogP contribution in [0.1, 0.15) is 130 Å². The Balaban J connectivity index is 4.68. The Bertz CT molecular complexity index is 1340. The van der Waals surface area contributed by atoms with Crippen LogP contribution in [0.4, 0.5) is 0 Å². The van der Waals surface area contributed by atoms with Crippen LogP contribution in [-0.4, -0.2) is 37.2 Å². The Morgan fingerprint density at radius 2 is 0.750 bits per heavy atom. The molecule has 0 aromatic carbocycles. The van der Waals surface area contributed by atoms with Crippen molar-refractivity contribution in [3.63, 3.8) is 0 Å². The fourth-order valence-corrected chi connectivity index (χ4v) is 4.73. The van der Waals surface area contributed by atoms with Crippen LogP contribution in [0.15, 0.2) is 146 Å². The highest BCUT2D eigenvalue weighted by Gasteiger charge is 2.19. The minimum atomic E-state index is -0.847. The summed E-state index contributed by atoms with van der Waals surface area (Å²) in [4.78, 5) is 37.6. The molecule has 0 aromatic heterocycles. The van der Waals surface area contributed by atoms with E-state index in [1.807, 2.05) is 91.1 Å². The third-order valence-electron chi connectivity index (χ3n) is 7.79. The molecule has 0 amide bonds. The lowest BCUT2D eigenvalue weighted by Gasteiger charge is -2.18. The van der Waals surface area contributed by atoms with E-state index in [4.69, 9.17) is 14.2 Å². The first-order valence-electron chi connectivity index (χ1n) is 21.0. The summed E-state index contributed by atoms with van der Waals surface area (Å²) in [7, 11) is 0. The van der Waals surface area contributed by atoms with Gasteiger partial charge in [-0.2, -0.15) is 0 Å². The van der Waals surface area contributed by atoms with Gasteiger partial charge in [-0.25, -0.2) is 0 Å². The van der Waals surface area contributed by atoms with Gasteiger partial charge in [0.05, 0.1) is 0 Å². The van der Waals surface area contributed by atoms with Crippen molar-refractivity contribution in [2.24, 2.45) is 0 Å². The van der Waals surface area contributed by atoms with Gasteiger partial charge >= 0.3 is 17.9 Å². The average Bonchev–Trinajstić information content (AvgIpc) is 3.19. The maximum Gasteiger partial charge on any atom is 0.306 e. The van der Waals surface area contributed by atoms with Crippen molar-refractivity contribution in [2.45, 2.75) is 136 Å². The van der Waals surface area contributed by atoms with Crippen LogP contribution in [0.2, 0.25) is 0 Å². The number of allylic oxidation sites excluding steroid dienone is 24. The van der Waals surface area contributed by atoms with Crippen LogP contribution in [0, 0.1) is 0 Å². The standard InChI is InChI=1S/C50H72O6/c1-4-7-10-13-16-19-22-25-28-31-34-37-40-43-49(52)55-46-47(45-54-48(51)42-39-36-33-30-27-24-21-18-15-12-9-6-3)56-50(53)44-41-38-35-32-29-26-23-20-17-14-11-8-5-2/h7-14,16-23,25-31,34,47H,4-6,15,24,32-33,35-46H2,1-3H3/b10-7-,11-8-,12-9-,16-13-,17-14-,21-18-,22-19-,23-20-,28-25-,29-26-,30-27-,34-31-. The van der Waals surface area contributed by atoms with Gasteiger partial charge < -0.3 is 14.2 Å². The molecule has 0 aliphatic carbocycles. The lowest BCUT2D eigenvalue weighted by atomic mass is 10.1. The van der Waals surface area contributed by atoms with E-state index in [9.17, 15) is 14.4 Å². The molecule has 0 N–H and O–H groups in total. The van der Waals surface area contributed by atoms with Gasteiger partial charge in [-0.05, 0) is 83.5 Å². The van der Waals surface area contributed by atoms with Crippen molar-refractivity contribution < 1.29 is 28.6 Å². The van der Waals surface area contributed by atoms with Crippen molar-refractivity contribution in [3.05, 3.63) is 146 Å². The van der Waals surface area contributed by atoms with Gasteiger partial charge in [-0.1, -0.05) is 173 Å². The van der Waals surface area contributed by atoms with E-state index >= 15 is 0 Å². The molecule has 56 heavy (non-hydrogen) atoms. The second kappa shape index (κ2) is 43.0. The Kier molecular flexibility index (Phi) is 39.4. The van der Waals surface area contributed by atoms with Crippen molar-refractivity contribution in [3.8, 4) is 0 Å². The predicted molar refractivity (Wildman–Crippen MR) is 237 cm³/mol. The number of esters is 3. The van der Waals surface area contributed by atoms with E-state index in [0.29, 0.717) is 19.3 Å². The minimum Gasteiger partial charge on any atom is -0.462 e. The first-order valence-corrected chi connectivity index (χ1v) is 21.0. The number of rotatable bonds is 34. The molecule has 0 fully saturated rings. The van der Waals surface area contributed by atoms with Gasteiger partial charge in [0.15, 0.2) is 6.10 Å². The lowest BCUT2D eigenvalue weighted by Crippen LogP contribution is -2.30. The first-order chi connectivity index (χ1) is 27.5. The molecule has 0 bridgehead atoms. The van der Waals surface area contributed by atoms with Crippen molar-refractivity contribution in [1.29, 1.82) is 0 Å². The summed E-state index contributed by atoms with van der Waals surface area (Å²) >= 11 is 0. The fourth-order valence-electron chi connectivity index (χ4n) is 4.73. The van der Waals surface area contributed by atoms with Crippen LogP contribution in [0.5, 0.6) is 0 Å². The normalized spacial score (nSPS) is 13.6. The molecule has 0 radical (unpaired) electrons. The topological polar surface area (TPSA) is 78.9 Å². The van der Waals surface area contributed by atoms with E-state index < -0.39 is 6.10 Å². The molecule has 0 spiro atoms. The van der Waals surface area contributed by atoms with E-state index in [1.54, 1.807) is 0 Å². The summed E-state index contributed by atoms with van der Waals surface area (Å²) in [5.74, 6) is -1.12. The smallest absolute Gasteiger partial charge is 0.306 e. The molecule has 0 saturated heterocycles. The fraction of sp³-hybridized carbons (Fsp3) is 0.460.